The highest BCUT2D eigenvalue weighted by molar-refractivity contribution is 7.15. The van der Waals surface area contributed by atoms with Crippen LogP contribution in [0.3, 0.4) is 0 Å². The van der Waals surface area contributed by atoms with Crippen molar-refractivity contribution in [2.45, 2.75) is 52.5 Å². The molecule has 6 heteroatoms. The summed E-state index contributed by atoms with van der Waals surface area (Å²) in [6.07, 6.45) is 4.25. The fraction of sp³-hybridized carbons (Fsp3) is 0.643. The van der Waals surface area contributed by atoms with Gasteiger partial charge in [-0.05, 0) is 32.6 Å². The lowest BCUT2D eigenvalue weighted by Gasteiger charge is -2.22. The number of carbonyl (C=O) groups excluding carboxylic acids is 2. The molecule has 2 amide bonds. The zero-order chi connectivity index (χ0) is 14.7. The number of thiazole rings is 1. The van der Waals surface area contributed by atoms with E-state index in [9.17, 15) is 9.59 Å². The summed E-state index contributed by atoms with van der Waals surface area (Å²) in [5, 5.41) is 6.24. The number of hydrogen-bond acceptors (Lipinski definition) is 4. The summed E-state index contributed by atoms with van der Waals surface area (Å²) in [5.74, 6) is -0.0783. The first kappa shape index (κ1) is 15.0. The quantitative estimate of drug-likeness (QED) is 0.896. The molecule has 1 saturated carbocycles. The van der Waals surface area contributed by atoms with Crippen LogP contribution in [0.15, 0.2) is 0 Å². The van der Waals surface area contributed by atoms with E-state index < -0.39 is 6.04 Å². The Morgan fingerprint density at radius 2 is 1.95 bits per heavy atom. The minimum atomic E-state index is -0.445. The summed E-state index contributed by atoms with van der Waals surface area (Å²) >= 11 is 1.47. The summed E-state index contributed by atoms with van der Waals surface area (Å²) in [7, 11) is 0. The molecule has 0 aromatic carbocycles. The topological polar surface area (TPSA) is 71.1 Å². The van der Waals surface area contributed by atoms with E-state index in [-0.39, 0.29) is 17.7 Å². The SMILES string of the molecule is CC(=O)N[C@@H](C(=O)Nc1nc(C)c(C)s1)C1CCCC1. The Hall–Kier alpha value is -1.43. The van der Waals surface area contributed by atoms with Crippen molar-refractivity contribution in [1.29, 1.82) is 0 Å². The number of carbonyl (C=O) groups is 2. The second kappa shape index (κ2) is 6.35. The van der Waals surface area contributed by atoms with Crippen molar-refractivity contribution in [2.75, 3.05) is 5.32 Å². The van der Waals surface area contributed by atoms with Crippen molar-refractivity contribution in [2.24, 2.45) is 5.92 Å². The zero-order valence-electron chi connectivity index (χ0n) is 12.2. The van der Waals surface area contributed by atoms with Gasteiger partial charge in [0.2, 0.25) is 11.8 Å². The largest absolute Gasteiger partial charge is 0.344 e. The molecule has 0 radical (unpaired) electrons. The number of nitrogens with zero attached hydrogens (tertiary/aromatic N) is 1. The molecule has 1 heterocycles. The van der Waals surface area contributed by atoms with E-state index in [4.69, 9.17) is 0 Å². The number of nitrogens with one attached hydrogen (secondary N) is 2. The normalized spacial score (nSPS) is 16.9. The monoisotopic (exact) mass is 295 g/mol. The van der Waals surface area contributed by atoms with E-state index in [1.807, 2.05) is 13.8 Å². The maximum Gasteiger partial charge on any atom is 0.249 e. The molecule has 0 unspecified atom stereocenters. The van der Waals surface area contributed by atoms with Gasteiger partial charge < -0.3 is 10.6 Å². The maximum absolute atomic E-state index is 12.4. The van der Waals surface area contributed by atoms with Crippen molar-refractivity contribution >= 4 is 28.3 Å². The minimum absolute atomic E-state index is 0.152. The molecule has 2 rings (SSSR count). The summed E-state index contributed by atoms with van der Waals surface area (Å²) in [4.78, 5) is 29.1. The highest BCUT2D eigenvalue weighted by Crippen LogP contribution is 2.29. The molecule has 110 valence electrons. The van der Waals surface area contributed by atoms with Gasteiger partial charge in [0, 0.05) is 11.8 Å². The van der Waals surface area contributed by atoms with Crippen LogP contribution < -0.4 is 10.6 Å². The summed E-state index contributed by atoms with van der Waals surface area (Å²) in [6, 6.07) is -0.445. The maximum atomic E-state index is 12.4. The van der Waals surface area contributed by atoms with Gasteiger partial charge in [0.15, 0.2) is 5.13 Å². The van der Waals surface area contributed by atoms with Gasteiger partial charge in [-0.1, -0.05) is 12.8 Å². The second-order valence-corrected chi connectivity index (χ2v) is 6.58. The number of amides is 2. The Kier molecular flexibility index (Phi) is 4.75. The van der Waals surface area contributed by atoms with Crippen molar-refractivity contribution in [3.8, 4) is 0 Å². The predicted molar refractivity (Wildman–Crippen MR) is 79.8 cm³/mol. The fourth-order valence-corrected chi connectivity index (χ4v) is 3.43. The third kappa shape index (κ3) is 3.56. The number of hydrogen-bond donors (Lipinski definition) is 2. The van der Waals surface area contributed by atoms with Gasteiger partial charge in [-0.3, -0.25) is 9.59 Å². The molecule has 0 saturated heterocycles. The third-order valence-corrected chi connectivity index (χ3v) is 4.76. The Morgan fingerprint density at radius 3 is 2.45 bits per heavy atom. The molecule has 20 heavy (non-hydrogen) atoms. The Morgan fingerprint density at radius 1 is 1.30 bits per heavy atom. The molecule has 1 aliphatic carbocycles. The van der Waals surface area contributed by atoms with Gasteiger partial charge in [-0.15, -0.1) is 11.3 Å². The molecule has 1 aromatic heterocycles. The van der Waals surface area contributed by atoms with E-state index in [0.29, 0.717) is 5.13 Å². The summed E-state index contributed by atoms with van der Waals surface area (Å²) < 4.78 is 0. The van der Waals surface area contributed by atoms with Crippen molar-refractivity contribution in [1.82, 2.24) is 10.3 Å². The van der Waals surface area contributed by atoms with Crippen LogP contribution in [0.1, 0.15) is 43.2 Å². The lowest BCUT2D eigenvalue weighted by atomic mass is 9.97. The average molecular weight is 295 g/mol. The first-order valence-electron chi connectivity index (χ1n) is 6.99. The lowest BCUT2D eigenvalue weighted by Crippen LogP contribution is -2.47. The Labute approximate surface area is 123 Å². The molecular formula is C14H21N3O2S. The van der Waals surface area contributed by atoms with Gasteiger partial charge in [-0.25, -0.2) is 4.98 Å². The molecule has 1 aliphatic rings. The van der Waals surface area contributed by atoms with E-state index in [1.54, 1.807) is 0 Å². The van der Waals surface area contributed by atoms with Crippen LogP contribution in [0.5, 0.6) is 0 Å². The van der Waals surface area contributed by atoms with Gasteiger partial charge in [0.25, 0.3) is 0 Å². The van der Waals surface area contributed by atoms with Crippen LogP contribution >= 0.6 is 11.3 Å². The van der Waals surface area contributed by atoms with Gasteiger partial charge in [0.05, 0.1) is 5.69 Å². The van der Waals surface area contributed by atoms with E-state index >= 15 is 0 Å². The van der Waals surface area contributed by atoms with Gasteiger partial charge in [0.1, 0.15) is 6.04 Å². The molecule has 0 aliphatic heterocycles. The molecule has 0 spiro atoms. The van der Waals surface area contributed by atoms with Crippen LogP contribution in [0.2, 0.25) is 0 Å². The van der Waals surface area contributed by atoms with Crippen LogP contribution in [0.4, 0.5) is 5.13 Å². The minimum Gasteiger partial charge on any atom is -0.344 e. The lowest BCUT2D eigenvalue weighted by molar-refractivity contribution is -0.126. The van der Waals surface area contributed by atoms with Crippen LogP contribution in [-0.4, -0.2) is 22.8 Å². The van der Waals surface area contributed by atoms with Gasteiger partial charge >= 0.3 is 0 Å². The summed E-state index contributed by atoms with van der Waals surface area (Å²) in [5.41, 5.74) is 0.933. The average Bonchev–Trinajstić information content (AvgIpc) is 2.97. The highest BCUT2D eigenvalue weighted by atomic mass is 32.1. The predicted octanol–water partition coefficient (Wildman–Crippen LogP) is 2.39. The number of aryl methyl sites for hydroxylation is 2. The standard InChI is InChI=1S/C14H21N3O2S/c1-8-9(2)20-14(15-8)17-13(19)12(16-10(3)18)11-6-4-5-7-11/h11-12H,4-7H2,1-3H3,(H,16,18)(H,15,17,19)/t12-/m1/s1. The third-order valence-electron chi connectivity index (χ3n) is 3.77. The zero-order valence-corrected chi connectivity index (χ0v) is 13.0. The molecule has 1 aromatic rings. The Bertz CT molecular complexity index is 487. The number of rotatable bonds is 4. The molecule has 1 fully saturated rings. The van der Waals surface area contributed by atoms with Crippen LogP contribution in [-0.2, 0) is 9.59 Å². The number of anilines is 1. The molecule has 0 bridgehead atoms. The summed E-state index contributed by atoms with van der Waals surface area (Å²) in [6.45, 7) is 5.35. The van der Waals surface area contributed by atoms with Crippen LogP contribution in [0, 0.1) is 19.8 Å². The fourth-order valence-electron chi connectivity index (χ4n) is 2.62. The van der Waals surface area contributed by atoms with Crippen LogP contribution in [0.25, 0.3) is 0 Å². The highest BCUT2D eigenvalue weighted by Gasteiger charge is 2.31. The molecule has 5 nitrogen and oxygen atoms in total. The smallest absolute Gasteiger partial charge is 0.249 e. The van der Waals surface area contributed by atoms with E-state index in [2.05, 4.69) is 15.6 Å². The van der Waals surface area contributed by atoms with Crippen molar-refractivity contribution in [3.63, 3.8) is 0 Å². The molecular weight excluding hydrogens is 274 g/mol. The van der Waals surface area contributed by atoms with E-state index in [1.165, 1.54) is 18.3 Å². The second-order valence-electron chi connectivity index (χ2n) is 5.37. The number of aromatic nitrogens is 1. The van der Waals surface area contributed by atoms with Crippen molar-refractivity contribution in [3.05, 3.63) is 10.6 Å². The van der Waals surface area contributed by atoms with E-state index in [0.717, 1.165) is 36.3 Å². The molecule has 1 atom stereocenters. The van der Waals surface area contributed by atoms with Gasteiger partial charge in [-0.2, -0.15) is 0 Å². The first-order valence-corrected chi connectivity index (χ1v) is 7.81. The van der Waals surface area contributed by atoms with Crippen molar-refractivity contribution < 1.29 is 9.59 Å². The Balaban J connectivity index is 2.07. The first-order chi connectivity index (χ1) is 9.47. The molecule has 2 N–H and O–H groups in total.